The van der Waals surface area contributed by atoms with Crippen LogP contribution in [0.25, 0.3) is 22.2 Å². The van der Waals surface area contributed by atoms with Crippen LogP contribution in [-0.2, 0) is 17.8 Å². The van der Waals surface area contributed by atoms with Gasteiger partial charge in [0, 0.05) is 24.9 Å². The largest absolute Gasteiger partial charge is 0.441 e. The molecule has 0 atom stereocenters. The Balaban J connectivity index is 1.39. The van der Waals surface area contributed by atoms with Crippen LogP contribution in [-0.4, -0.2) is 20.4 Å². The van der Waals surface area contributed by atoms with Crippen LogP contribution in [0.4, 0.5) is 5.95 Å². The number of para-hydroxylation sites is 1. The van der Waals surface area contributed by atoms with Crippen LogP contribution >= 0.6 is 0 Å². The van der Waals surface area contributed by atoms with E-state index in [1.54, 1.807) is 24.4 Å². The van der Waals surface area contributed by atoms with Crippen molar-refractivity contribution in [2.45, 2.75) is 26.3 Å². The molecule has 2 aromatic carbocycles. The number of amides is 1. The topological polar surface area (TPSA) is 102 Å². The number of hydrogen-bond donors (Lipinski definition) is 2. The minimum absolute atomic E-state index is 0.159. The monoisotopic (exact) mass is 403 g/mol. The first-order chi connectivity index (χ1) is 14.7. The van der Waals surface area contributed by atoms with E-state index in [-0.39, 0.29) is 23.8 Å². The molecule has 2 heterocycles. The third-order valence-corrected chi connectivity index (χ3v) is 4.67. The molecule has 0 spiro atoms. The number of hydrogen-bond acceptors (Lipinski definition) is 6. The molecule has 1 amide bonds. The van der Waals surface area contributed by atoms with Crippen molar-refractivity contribution < 1.29 is 9.21 Å². The first-order valence-electron chi connectivity index (χ1n) is 9.70. The molecule has 2 N–H and O–H groups in total. The summed E-state index contributed by atoms with van der Waals surface area (Å²) in [5.74, 6) is 1.17. The fourth-order valence-corrected chi connectivity index (χ4v) is 3.13. The van der Waals surface area contributed by atoms with E-state index in [0.717, 1.165) is 5.56 Å². The molecule has 4 rings (SSSR count). The second kappa shape index (κ2) is 8.60. The lowest BCUT2D eigenvalue weighted by atomic mass is 10.2. The van der Waals surface area contributed by atoms with Crippen molar-refractivity contribution in [3.63, 3.8) is 0 Å². The van der Waals surface area contributed by atoms with Gasteiger partial charge in [-0.2, -0.15) is 0 Å². The van der Waals surface area contributed by atoms with E-state index in [2.05, 4.69) is 20.8 Å². The summed E-state index contributed by atoms with van der Waals surface area (Å²) in [6.45, 7) is 2.27. The van der Waals surface area contributed by atoms with E-state index >= 15 is 0 Å². The maximum atomic E-state index is 12.6. The summed E-state index contributed by atoms with van der Waals surface area (Å²) < 4.78 is 7.19. The van der Waals surface area contributed by atoms with Crippen molar-refractivity contribution in [1.82, 2.24) is 20.0 Å². The summed E-state index contributed by atoms with van der Waals surface area (Å²) in [6.07, 6.45) is 2.18. The molecule has 0 radical (unpaired) electrons. The molecule has 0 saturated carbocycles. The fraction of sp³-hybridized carbons (Fsp3) is 0.182. The number of carbonyl (C=O) groups is 1. The molecule has 0 aliphatic rings. The van der Waals surface area contributed by atoms with Gasteiger partial charge < -0.3 is 4.42 Å². The Bertz CT molecular complexity index is 1230. The van der Waals surface area contributed by atoms with Crippen molar-refractivity contribution >= 4 is 22.8 Å². The van der Waals surface area contributed by atoms with Crippen molar-refractivity contribution in [2.24, 2.45) is 0 Å². The number of fused-ring (bicyclic) bond motifs is 1. The molecule has 8 nitrogen and oxygen atoms in total. The smallest absolute Gasteiger partial charge is 0.262 e. The average molecular weight is 403 g/mol. The zero-order chi connectivity index (χ0) is 20.9. The van der Waals surface area contributed by atoms with Crippen LogP contribution in [0.2, 0.25) is 0 Å². The van der Waals surface area contributed by atoms with Crippen LogP contribution in [0, 0.1) is 0 Å². The highest BCUT2D eigenvalue weighted by atomic mass is 16.4. The summed E-state index contributed by atoms with van der Waals surface area (Å²) in [6, 6.07) is 16.8. The number of nitrogens with zero attached hydrogens (tertiary/aromatic N) is 3. The SMILES string of the molecule is CCn1c(NNC(=O)CCc2ncc(-c3ccccc3)o2)nc2ccccc2c1=O. The van der Waals surface area contributed by atoms with Gasteiger partial charge in [0.05, 0.1) is 17.1 Å². The second-order valence-corrected chi connectivity index (χ2v) is 6.66. The van der Waals surface area contributed by atoms with E-state index in [1.165, 1.54) is 4.57 Å². The van der Waals surface area contributed by atoms with Crippen LogP contribution in [0.5, 0.6) is 0 Å². The van der Waals surface area contributed by atoms with Gasteiger partial charge >= 0.3 is 0 Å². The van der Waals surface area contributed by atoms with E-state index in [1.807, 2.05) is 43.3 Å². The number of benzene rings is 2. The molecule has 0 bridgehead atoms. The van der Waals surface area contributed by atoms with Gasteiger partial charge in [0.25, 0.3) is 5.56 Å². The van der Waals surface area contributed by atoms with Gasteiger partial charge in [0.2, 0.25) is 11.9 Å². The summed E-state index contributed by atoms with van der Waals surface area (Å²) in [4.78, 5) is 33.5. The molecule has 4 aromatic rings. The van der Waals surface area contributed by atoms with Gasteiger partial charge in [0.15, 0.2) is 11.7 Å². The number of carbonyl (C=O) groups excluding carboxylic acids is 1. The lowest BCUT2D eigenvalue weighted by molar-refractivity contribution is -0.120. The van der Waals surface area contributed by atoms with Gasteiger partial charge in [-0.1, -0.05) is 42.5 Å². The van der Waals surface area contributed by atoms with Gasteiger partial charge in [0.1, 0.15) is 0 Å². The summed E-state index contributed by atoms with van der Waals surface area (Å²) in [7, 11) is 0. The van der Waals surface area contributed by atoms with Gasteiger partial charge in [-0.15, -0.1) is 0 Å². The summed E-state index contributed by atoms with van der Waals surface area (Å²) >= 11 is 0. The molecule has 0 saturated heterocycles. The van der Waals surface area contributed by atoms with Gasteiger partial charge in [-0.05, 0) is 19.1 Å². The predicted octanol–water partition coefficient (Wildman–Crippen LogP) is 3.15. The zero-order valence-corrected chi connectivity index (χ0v) is 16.5. The molecule has 0 aliphatic heterocycles. The molecular formula is C22H21N5O3. The number of aromatic nitrogens is 3. The maximum absolute atomic E-state index is 12.6. The lowest BCUT2D eigenvalue weighted by Crippen LogP contribution is -2.34. The first-order valence-corrected chi connectivity index (χ1v) is 9.70. The highest BCUT2D eigenvalue weighted by molar-refractivity contribution is 5.80. The summed E-state index contributed by atoms with van der Waals surface area (Å²) in [5, 5.41) is 0.536. The summed E-state index contributed by atoms with van der Waals surface area (Å²) in [5.41, 5.74) is 6.70. The highest BCUT2D eigenvalue weighted by Gasteiger charge is 2.12. The number of aryl methyl sites for hydroxylation is 1. The first kappa shape index (κ1) is 19.4. The number of oxazole rings is 1. The Kier molecular flexibility index (Phi) is 5.56. The van der Waals surface area contributed by atoms with Crippen molar-refractivity contribution in [3.05, 3.63) is 77.0 Å². The predicted molar refractivity (Wildman–Crippen MR) is 114 cm³/mol. The molecule has 0 unspecified atom stereocenters. The lowest BCUT2D eigenvalue weighted by Gasteiger charge is -2.13. The third-order valence-electron chi connectivity index (χ3n) is 4.67. The minimum Gasteiger partial charge on any atom is -0.441 e. The number of nitrogens with one attached hydrogen (secondary N) is 2. The normalized spacial score (nSPS) is 10.8. The minimum atomic E-state index is -0.264. The van der Waals surface area contributed by atoms with Gasteiger partial charge in [-0.25, -0.2) is 9.97 Å². The quantitative estimate of drug-likeness (QED) is 0.460. The Morgan fingerprint density at radius 1 is 1.10 bits per heavy atom. The average Bonchev–Trinajstić information content (AvgIpc) is 3.26. The van der Waals surface area contributed by atoms with Crippen LogP contribution in [0.3, 0.4) is 0 Å². The van der Waals surface area contributed by atoms with Crippen molar-refractivity contribution in [2.75, 3.05) is 5.43 Å². The zero-order valence-electron chi connectivity index (χ0n) is 16.5. The fourth-order valence-electron chi connectivity index (χ4n) is 3.13. The molecule has 30 heavy (non-hydrogen) atoms. The molecular weight excluding hydrogens is 382 g/mol. The van der Waals surface area contributed by atoms with Crippen LogP contribution < -0.4 is 16.4 Å². The van der Waals surface area contributed by atoms with E-state index < -0.39 is 0 Å². The van der Waals surface area contributed by atoms with Crippen molar-refractivity contribution in [1.29, 1.82) is 0 Å². The molecule has 152 valence electrons. The molecule has 0 aliphatic carbocycles. The Hall–Kier alpha value is -3.94. The van der Waals surface area contributed by atoms with Crippen LogP contribution in [0.15, 0.2) is 70.0 Å². The Morgan fingerprint density at radius 3 is 2.67 bits per heavy atom. The third kappa shape index (κ3) is 4.07. The number of hydrazine groups is 1. The van der Waals surface area contributed by atoms with Crippen LogP contribution in [0.1, 0.15) is 19.2 Å². The van der Waals surface area contributed by atoms with E-state index in [0.29, 0.717) is 35.5 Å². The van der Waals surface area contributed by atoms with Gasteiger partial charge in [-0.3, -0.25) is 25.0 Å². The number of anilines is 1. The molecule has 0 fully saturated rings. The standard InChI is InChI=1S/C22H21N5O3/c1-2-27-21(29)16-10-6-7-11-17(16)24-22(27)26-25-19(28)12-13-20-23-14-18(30-20)15-8-4-3-5-9-15/h3-11,14H,2,12-13H2,1H3,(H,24,26)(H,25,28). The number of rotatable bonds is 7. The Labute approximate surface area is 172 Å². The highest BCUT2D eigenvalue weighted by Crippen LogP contribution is 2.20. The van der Waals surface area contributed by atoms with Crippen molar-refractivity contribution in [3.8, 4) is 11.3 Å². The Morgan fingerprint density at radius 2 is 1.87 bits per heavy atom. The van der Waals surface area contributed by atoms with E-state index in [9.17, 15) is 9.59 Å². The maximum Gasteiger partial charge on any atom is 0.262 e. The molecule has 2 aromatic heterocycles. The second-order valence-electron chi connectivity index (χ2n) is 6.66. The van der Waals surface area contributed by atoms with E-state index in [4.69, 9.17) is 4.42 Å². The molecule has 8 heteroatoms.